The van der Waals surface area contributed by atoms with Gasteiger partial charge in [0, 0.05) is 12.2 Å². The second-order valence-corrected chi connectivity index (χ2v) is 9.10. The summed E-state index contributed by atoms with van der Waals surface area (Å²) in [6, 6.07) is 7.23. The van der Waals surface area contributed by atoms with E-state index in [1.807, 2.05) is 10.6 Å². The molecule has 0 radical (unpaired) electrons. The van der Waals surface area contributed by atoms with Gasteiger partial charge in [-0.05, 0) is 31.0 Å². The van der Waals surface area contributed by atoms with Crippen molar-refractivity contribution in [2.45, 2.75) is 44.7 Å². The number of hydrogen-bond acceptors (Lipinski definition) is 5. The van der Waals surface area contributed by atoms with E-state index in [1.54, 1.807) is 24.4 Å². The van der Waals surface area contributed by atoms with Crippen LogP contribution in [-0.4, -0.2) is 54.2 Å². The van der Waals surface area contributed by atoms with Crippen molar-refractivity contribution in [2.75, 3.05) is 38.6 Å². The van der Waals surface area contributed by atoms with Crippen molar-refractivity contribution in [1.82, 2.24) is 14.7 Å². The van der Waals surface area contributed by atoms with Crippen LogP contribution in [0.4, 0.5) is 5.82 Å². The molecule has 9 heteroatoms. The second-order valence-electron chi connectivity index (χ2n) is 9.10. The van der Waals surface area contributed by atoms with Crippen LogP contribution < -0.4 is 26.1 Å². The zero-order valence-electron chi connectivity index (χ0n) is 18.9. The van der Waals surface area contributed by atoms with Gasteiger partial charge in [-0.2, -0.15) is 0 Å². The molecular formula is C24H32N6O3+2. The van der Waals surface area contributed by atoms with Gasteiger partial charge in [-0.15, -0.1) is 0 Å². The van der Waals surface area contributed by atoms with E-state index in [-0.39, 0.29) is 17.5 Å². The van der Waals surface area contributed by atoms with Gasteiger partial charge in [0.25, 0.3) is 17.1 Å². The molecule has 1 aliphatic heterocycles. The van der Waals surface area contributed by atoms with Gasteiger partial charge < -0.3 is 20.7 Å². The zero-order chi connectivity index (χ0) is 22.8. The Morgan fingerprint density at radius 3 is 2.82 bits per heavy atom. The minimum absolute atomic E-state index is 0.156. The van der Waals surface area contributed by atoms with E-state index in [9.17, 15) is 9.59 Å². The van der Waals surface area contributed by atoms with Crippen LogP contribution in [0.1, 0.15) is 42.5 Å². The largest absolute Gasteiger partial charge is 0.370 e. The third-order valence-electron chi connectivity index (χ3n) is 6.93. The average Bonchev–Trinajstić information content (AvgIpc) is 2.85. The lowest BCUT2D eigenvalue weighted by atomic mass is 9.95. The molecule has 2 aliphatic rings. The Morgan fingerprint density at radius 1 is 1.24 bits per heavy atom. The number of hydrogen-bond donors (Lipinski definition) is 3. The number of nitrogen functional groups attached to an aromatic ring is 1. The van der Waals surface area contributed by atoms with E-state index in [0.717, 1.165) is 58.5 Å². The van der Waals surface area contributed by atoms with E-state index in [0.29, 0.717) is 34.6 Å². The normalized spacial score (nSPS) is 18.1. The molecule has 0 unspecified atom stereocenters. The highest BCUT2D eigenvalue weighted by atomic mass is 16.5. The summed E-state index contributed by atoms with van der Waals surface area (Å²) in [7, 11) is 0. The van der Waals surface area contributed by atoms with Crippen molar-refractivity contribution in [3.63, 3.8) is 0 Å². The van der Waals surface area contributed by atoms with Gasteiger partial charge in [0.1, 0.15) is 37.1 Å². The van der Waals surface area contributed by atoms with E-state index >= 15 is 0 Å². The molecule has 0 bridgehead atoms. The SMILES string of the molecule is Nc1c(C(=O)NC2CCCCC2)cc2c(=O)n3ccccc3nc2[n+]1CC[NH+]1CCOCC1. The number of anilines is 1. The number of carbonyl (C=O) groups excluding carboxylic acids is 1. The molecular weight excluding hydrogens is 420 g/mol. The Morgan fingerprint density at radius 2 is 2.03 bits per heavy atom. The van der Waals surface area contributed by atoms with Crippen LogP contribution in [0.5, 0.6) is 0 Å². The first kappa shape index (κ1) is 21.8. The van der Waals surface area contributed by atoms with Crippen molar-refractivity contribution in [3.8, 4) is 0 Å². The molecule has 1 saturated heterocycles. The zero-order valence-corrected chi connectivity index (χ0v) is 18.9. The number of aromatic nitrogens is 3. The topological polar surface area (TPSA) is 107 Å². The maximum Gasteiger partial charge on any atom is 0.278 e. The number of nitrogens with two attached hydrogens (primary N) is 1. The van der Waals surface area contributed by atoms with Gasteiger partial charge in [-0.3, -0.25) is 14.0 Å². The van der Waals surface area contributed by atoms with Crippen LogP contribution in [-0.2, 0) is 11.3 Å². The summed E-state index contributed by atoms with van der Waals surface area (Å²) in [4.78, 5) is 32.8. The predicted molar refractivity (Wildman–Crippen MR) is 124 cm³/mol. The van der Waals surface area contributed by atoms with E-state index in [4.69, 9.17) is 15.5 Å². The van der Waals surface area contributed by atoms with Crippen LogP contribution in [0, 0.1) is 0 Å². The minimum atomic E-state index is -0.216. The first-order valence-corrected chi connectivity index (χ1v) is 12.0. The van der Waals surface area contributed by atoms with Gasteiger partial charge >= 0.3 is 0 Å². The molecule has 3 aromatic rings. The van der Waals surface area contributed by atoms with Crippen LogP contribution >= 0.6 is 0 Å². The molecule has 4 heterocycles. The quantitative estimate of drug-likeness (QED) is 0.364. The maximum atomic E-state index is 13.3. The molecule has 1 aliphatic carbocycles. The second kappa shape index (κ2) is 9.44. The number of quaternary nitrogens is 1. The van der Waals surface area contributed by atoms with E-state index < -0.39 is 0 Å². The fourth-order valence-electron chi connectivity index (χ4n) is 5.00. The van der Waals surface area contributed by atoms with E-state index in [2.05, 4.69) is 5.32 Å². The number of amides is 1. The lowest BCUT2D eigenvalue weighted by Gasteiger charge is -2.24. The summed E-state index contributed by atoms with van der Waals surface area (Å²) in [6.07, 6.45) is 7.12. The van der Waals surface area contributed by atoms with Crippen LogP contribution in [0.15, 0.2) is 35.3 Å². The standard InChI is InChI=1S/C24H30N6O3/c25-21-18(23(31)26-17-6-2-1-3-7-17)16-19-22(27-20-8-4-5-9-29(20)24(19)32)30(21)11-10-28-12-14-33-15-13-28/h4-5,8-9,16-17,25H,1-3,6-7,10-15H2,(H,26,31)/p+2. The number of ether oxygens (including phenoxy) is 1. The summed E-state index contributed by atoms with van der Waals surface area (Å²) >= 11 is 0. The highest BCUT2D eigenvalue weighted by molar-refractivity contribution is 6.00. The molecule has 1 amide bonds. The smallest absolute Gasteiger partial charge is 0.278 e. The molecule has 33 heavy (non-hydrogen) atoms. The van der Waals surface area contributed by atoms with E-state index in [1.165, 1.54) is 15.7 Å². The van der Waals surface area contributed by atoms with Crippen molar-refractivity contribution in [3.05, 3.63) is 46.4 Å². The van der Waals surface area contributed by atoms with Gasteiger partial charge in [-0.25, -0.2) is 4.57 Å². The van der Waals surface area contributed by atoms with Crippen molar-refractivity contribution in [1.29, 1.82) is 0 Å². The summed E-state index contributed by atoms with van der Waals surface area (Å²) in [5.41, 5.74) is 7.81. The first-order valence-electron chi connectivity index (χ1n) is 12.0. The van der Waals surface area contributed by atoms with Gasteiger partial charge in [-0.1, -0.05) is 30.3 Å². The highest BCUT2D eigenvalue weighted by Crippen LogP contribution is 2.19. The molecule has 5 rings (SSSR count). The van der Waals surface area contributed by atoms with Crippen molar-refractivity contribution < 1.29 is 19.0 Å². The molecule has 0 aromatic carbocycles. The third-order valence-corrected chi connectivity index (χ3v) is 6.93. The van der Waals surface area contributed by atoms with Crippen molar-refractivity contribution in [2.24, 2.45) is 0 Å². The molecule has 0 spiro atoms. The highest BCUT2D eigenvalue weighted by Gasteiger charge is 2.27. The van der Waals surface area contributed by atoms with Crippen LogP contribution in [0.3, 0.4) is 0 Å². The Bertz CT molecular complexity index is 1230. The Labute approximate surface area is 192 Å². The number of carbonyl (C=O) groups is 1. The number of morpholine rings is 1. The first-order chi connectivity index (χ1) is 16.1. The number of nitrogens with one attached hydrogen (secondary N) is 2. The monoisotopic (exact) mass is 452 g/mol. The maximum absolute atomic E-state index is 13.3. The molecule has 4 N–H and O–H groups in total. The third kappa shape index (κ3) is 4.43. The number of pyridine rings is 2. The number of rotatable bonds is 5. The molecule has 174 valence electrons. The summed E-state index contributed by atoms with van der Waals surface area (Å²) in [5.74, 6) is 0.141. The Balaban J connectivity index is 1.58. The summed E-state index contributed by atoms with van der Waals surface area (Å²) in [5, 5.41) is 3.55. The van der Waals surface area contributed by atoms with Gasteiger partial charge in [0.05, 0.1) is 13.2 Å². The Kier molecular flexibility index (Phi) is 6.24. The van der Waals surface area contributed by atoms with Gasteiger partial charge in [0.15, 0.2) is 0 Å². The number of fused-ring (bicyclic) bond motifs is 2. The summed E-state index contributed by atoms with van der Waals surface area (Å²) in [6.45, 7) is 4.72. The Hall–Kier alpha value is -3.04. The fraction of sp³-hybridized carbons (Fsp3) is 0.500. The lowest BCUT2D eigenvalue weighted by Crippen LogP contribution is -3.14. The molecule has 0 atom stereocenters. The lowest BCUT2D eigenvalue weighted by molar-refractivity contribution is -0.923. The summed E-state index contributed by atoms with van der Waals surface area (Å²) < 4.78 is 8.83. The number of nitrogens with zero attached hydrogens (tertiary/aromatic N) is 3. The fourth-order valence-corrected chi connectivity index (χ4v) is 5.00. The molecule has 1 saturated carbocycles. The molecule has 2 fully saturated rings. The molecule has 9 nitrogen and oxygen atoms in total. The predicted octanol–water partition coefficient (Wildman–Crippen LogP) is -0.305. The average molecular weight is 453 g/mol. The van der Waals surface area contributed by atoms with Crippen LogP contribution in [0.25, 0.3) is 16.7 Å². The minimum Gasteiger partial charge on any atom is -0.370 e. The molecule has 3 aromatic heterocycles. The van der Waals surface area contributed by atoms with Crippen LogP contribution in [0.2, 0.25) is 0 Å². The van der Waals surface area contributed by atoms with Gasteiger partial charge in [0.2, 0.25) is 11.5 Å². The van der Waals surface area contributed by atoms with Crippen molar-refractivity contribution >= 4 is 28.4 Å².